The number of hydrogen-bond donors (Lipinski definition) is 2. The fraction of sp³-hybridized carbons (Fsp3) is 0.667. The third-order valence-electron chi connectivity index (χ3n) is 3.36. The molecule has 1 unspecified atom stereocenters. The Balaban J connectivity index is 2.07. The van der Waals surface area contributed by atoms with Gasteiger partial charge in [-0.1, -0.05) is 6.92 Å². The first-order chi connectivity index (χ1) is 7.95. The minimum atomic E-state index is -0.758. The molecule has 2 rings (SSSR count). The summed E-state index contributed by atoms with van der Waals surface area (Å²) in [6.45, 7) is 5.89. The lowest BCUT2D eigenvalue weighted by Gasteiger charge is -2.22. The molecule has 1 aliphatic carbocycles. The number of rotatable bonds is 4. The molecule has 1 atom stereocenters. The number of carbonyl (C=O) groups excluding carboxylic acids is 1. The fourth-order valence-corrected chi connectivity index (χ4v) is 2.81. The van der Waals surface area contributed by atoms with Crippen molar-refractivity contribution in [2.24, 2.45) is 11.7 Å². The van der Waals surface area contributed by atoms with Crippen LogP contribution in [-0.2, 0) is 11.2 Å². The number of carbonyl (C=O) groups is 1. The van der Waals surface area contributed by atoms with Crippen LogP contribution in [0.15, 0.2) is 0 Å². The molecule has 0 spiro atoms. The Morgan fingerprint density at radius 2 is 2.29 bits per heavy atom. The molecule has 0 aliphatic heterocycles. The Bertz CT molecular complexity index is 435. The van der Waals surface area contributed by atoms with Crippen molar-refractivity contribution < 1.29 is 4.79 Å². The van der Waals surface area contributed by atoms with Crippen LogP contribution in [0.2, 0.25) is 0 Å². The van der Waals surface area contributed by atoms with Gasteiger partial charge >= 0.3 is 0 Å². The quantitative estimate of drug-likeness (QED) is 0.863. The third kappa shape index (κ3) is 2.50. The normalized spacial score (nSPS) is 18.8. The highest BCUT2D eigenvalue weighted by Crippen LogP contribution is 2.38. The van der Waals surface area contributed by atoms with Gasteiger partial charge in [-0.15, -0.1) is 11.3 Å². The number of nitrogens with two attached hydrogens (primary N) is 1. The second-order valence-corrected chi connectivity index (χ2v) is 6.09. The molecule has 0 saturated heterocycles. The Hall–Kier alpha value is -0.940. The number of thiazole rings is 1. The summed E-state index contributed by atoms with van der Waals surface area (Å²) in [5.41, 5.74) is 6.35. The van der Waals surface area contributed by atoms with E-state index in [9.17, 15) is 4.79 Å². The Kier molecular flexibility index (Phi) is 3.23. The number of hydrogen-bond acceptors (Lipinski definition) is 4. The monoisotopic (exact) mass is 253 g/mol. The largest absolute Gasteiger partial charge is 0.317 e. The van der Waals surface area contributed by atoms with Gasteiger partial charge in [-0.3, -0.25) is 4.79 Å². The molecule has 1 aliphatic rings. The predicted molar refractivity (Wildman–Crippen MR) is 70.2 cm³/mol. The number of nitrogens with one attached hydrogen (secondary N) is 1. The van der Waals surface area contributed by atoms with Gasteiger partial charge in [-0.2, -0.15) is 0 Å². The minimum absolute atomic E-state index is 0.114. The Morgan fingerprint density at radius 3 is 2.76 bits per heavy atom. The predicted octanol–water partition coefficient (Wildman–Crippen LogP) is 2.08. The van der Waals surface area contributed by atoms with Crippen molar-refractivity contribution in [1.82, 2.24) is 4.98 Å². The molecule has 0 radical (unpaired) electrons. The van der Waals surface area contributed by atoms with Crippen LogP contribution in [0.4, 0.5) is 5.13 Å². The molecule has 1 aromatic heterocycles. The van der Waals surface area contributed by atoms with Gasteiger partial charge in [-0.05, 0) is 39.0 Å². The lowest BCUT2D eigenvalue weighted by Crippen LogP contribution is -2.50. The summed E-state index contributed by atoms with van der Waals surface area (Å²) in [4.78, 5) is 17.6. The van der Waals surface area contributed by atoms with Crippen molar-refractivity contribution in [1.29, 1.82) is 0 Å². The molecule has 4 nitrogen and oxygen atoms in total. The first-order valence-corrected chi connectivity index (χ1v) is 6.83. The van der Waals surface area contributed by atoms with E-state index in [1.54, 1.807) is 6.92 Å². The summed E-state index contributed by atoms with van der Waals surface area (Å²) in [5, 5.41) is 3.51. The SMILES string of the molecule is CCc1nc(NC(=O)C(C)(N)C2CC2)sc1C. The molecule has 1 amide bonds. The van der Waals surface area contributed by atoms with Crippen LogP contribution >= 0.6 is 11.3 Å². The van der Waals surface area contributed by atoms with Gasteiger partial charge < -0.3 is 11.1 Å². The number of anilines is 1. The molecule has 1 fully saturated rings. The molecule has 5 heteroatoms. The minimum Gasteiger partial charge on any atom is -0.317 e. The van der Waals surface area contributed by atoms with Crippen LogP contribution in [0.3, 0.4) is 0 Å². The molecule has 0 aromatic carbocycles. The van der Waals surface area contributed by atoms with Crippen LogP contribution in [-0.4, -0.2) is 16.4 Å². The van der Waals surface area contributed by atoms with E-state index in [-0.39, 0.29) is 5.91 Å². The van der Waals surface area contributed by atoms with E-state index in [0.29, 0.717) is 11.0 Å². The van der Waals surface area contributed by atoms with Crippen molar-refractivity contribution in [3.8, 4) is 0 Å². The molecule has 1 aromatic rings. The van der Waals surface area contributed by atoms with E-state index in [0.717, 1.165) is 29.8 Å². The molecule has 0 bridgehead atoms. The van der Waals surface area contributed by atoms with E-state index in [1.807, 2.05) is 6.92 Å². The van der Waals surface area contributed by atoms with E-state index in [2.05, 4.69) is 17.2 Å². The second kappa shape index (κ2) is 4.38. The molecule has 3 N–H and O–H groups in total. The highest BCUT2D eigenvalue weighted by atomic mass is 32.1. The van der Waals surface area contributed by atoms with Gasteiger partial charge in [0.25, 0.3) is 0 Å². The van der Waals surface area contributed by atoms with Gasteiger partial charge in [0.1, 0.15) is 0 Å². The van der Waals surface area contributed by atoms with Crippen LogP contribution < -0.4 is 11.1 Å². The van der Waals surface area contributed by atoms with Crippen LogP contribution in [0.25, 0.3) is 0 Å². The van der Waals surface area contributed by atoms with Gasteiger partial charge in [0.2, 0.25) is 5.91 Å². The summed E-state index contributed by atoms with van der Waals surface area (Å²) in [6, 6.07) is 0. The maximum absolute atomic E-state index is 12.1. The summed E-state index contributed by atoms with van der Waals surface area (Å²) >= 11 is 1.52. The van der Waals surface area contributed by atoms with E-state index < -0.39 is 5.54 Å². The van der Waals surface area contributed by atoms with Crippen molar-refractivity contribution in [3.63, 3.8) is 0 Å². The zero-order valence-corrected chi connectivity index (χ0v) is 11.4. The highest BCUT2D eigenvalue weighted by Gasteiger charge is 2.44. The van der Waals surface area contributed by atoms with Crippen molar-refractivity contribution in [3.05, 3.63) is 10.6 Å². The molecule has 17 heavy (non-hydrogen) atoms. The van der Waals surface area contributed by atoms with Crippen molar-refractivity contribution in [2.75, 3.05) is 5.32 Å². The van der Waals surface area contributed by atoms with Crippen LogP contribution in [0.5, 0.6) is 0 Å². The number of aryl methyl sites for hydroxylation is 2. The topological polar surface area (TPSA) is 68.0 Å². The van der Waals surface area contributed by atoms with Crippen LogP contribution in [0.1, 0.15) is 37.3 Å². The Morgan fingerprint density at radius 1 is 1.65 bits per heavy atom. The summed E-state index contributed by atoms with van der Waals surface area (Å²) in [6.07, 6.45) is 3.00. The van der Waals surface area contributed by atoms with Crippen molar-refractivity contribution >= 4 is 22.4 Å². The Labute approximate surface area is 106 Å². The first-order valence-electron chi connectivity index (χ1n) is 6.01. The van der Waals surface area contributed by atoms with Gasteiger partial charge in [0.05, 0.1) is 11.2 Å². The van der Waals surface area contributed by atoms with Gasteiger partial charge in [0, 0.05) is 4.88 Å². The number of aromatic nitrogens is 1. The molecule has 1 saturated carbocycles. The maximum atomic E-state index is 12.1. The summed E-state index contributed by atoms with van der Waals surface area (Å²) in [5.74, 6) is 0.214. The van der Waals surface area contributed by atoms with E-state index in [4.69, 9.17) is 5.73 Å². The van der Waals surface area contributed by atoms with Gasteiger partial charge in [0.15, 0.2) is 5.13 Å². The highest BCUT2D eigenvalue weighted by molar-refractivity contribution is 7.15. The fourth-order valence-electron chi connectivity index (χ4n) is 1.91. The van der Waals surface area contributed by atoms with Crippen molar-refractivity contribution in [2.45, 2.75) is 45.6 Å². The molecular weight excluding hydrogens is 234 g/mol. The third-order valence-corrected chi connectivity index (χ3v) is 4.29. The summed E-state index contributed by atoms with van der Waals surface area (Å²) in [7, 11) is 0. The molecule has 94 valence electrons. The van der Waals surface area contributed by atoms with E-state index in [1.165, 1.54) is 11.3 Å². The average Bonchev–Trinajstić information content (AvgIpc) is 3.04. The van der Waals surface area contributed by atoms with E-state index >= 15 is 0 Å². The number of amides is 1. The number of nitrogens with zero attached hydrogens (tertiary/aromatic N) is 1. The molecular formula is C12H19N3OS. The lowest BCUT2D eigenvalue weighted by molar-refractivity contribution is -0.121. The average molecular weight is 253 g/mol. The molecule has 1 heterocycles. The zero-order valence-electron chi connectivity index (χ0n) is 10.5. The zero-order chi connectivity index (χ0) is 12.6. The standard InChI is InChI=1S/C12H19N3OS/c1-4-9-7(2)17-11(14-9)15-10(16)12(3,13)8-5-6-8/h8H,4-6,13H2,1-3H3,(H,14,15,16). The van der Waals surface area contributed by atoms with Crippen LogP contribution in [0, 0.1) is 12.8 Å². The second-order valence-electron chi connectivity index (χ2n) is 4.89. The summed E-state index contributed by atoms with van der Waals surface area (Å²) < 4.78 is 0. The smallest absolute Gasteiger partial charge is 0.246 e. The van der Waals surface area contributed by atoms with Gasteiger partial charge in [-0.25, -0.2) is 4.98 Å². The lowest BCUT2D eigenvalue weighted by atomic mass is 9.96. The maximum Gasteiger partial charge on any atom is 0.246 e. The first kappa shape index (κ1) is 12.5.